The van der Waals surface area contributed by atoms with Crippen molar-refractivity contribution < 1.29 is 9.47 Å². The third kappa shape index (κ3) is 2.94. The first-order valence-electron chi connectivity index (χ1n) is 6.36. The lowest BCUT2D eigenvalue weighted by atomic mass is 9.97. The molecule has 0 aromatic heterocycles. The minimum Gasteiger partial charge on any atom is -0.355 e. The van der Waals surface area contributed by atoms with Gasteiger partial charge in [-0.25, -0.2) is 0 Å². The number of ether oxygens (including phenoxy) is 2. The van der Waals surface area contributed by atoms with Gasteiger partial charge in [-0.05, 0) is 38.8 Å². The van der Waals surface area contributed by atoms with E-state index < -0.39 is 0 Å². The van der Waals surface area contributed by atoms with E-state index in [1.54, 1.807) is 14.2 Å². The Balaban J connectivity index is 1.70. The van der Waals surface area contributed by atoms with Crippen molar-refractivity contribution in [3.63, 3.8) is 0 Å². The maximum Gasteiger partial charge on any atom is 0.169 e. The first kappa shape index (κ1) is 12.3. The van der Waals surface area contributed by atoms with Gasteiger partial charge in [0.25, 0.3) is 0 Å². The maximum absolute atomic E-state index is 5.18. The number of nitrogens with one attached hydrogen (secondary N) is 1. The number of hydrogen-bond acceptors (Lipinski definition) is 4. The van der Waals surface area contributed by atoms with E-state index in [1.807, 2.05) is 0 Å². The van der Waals surface area contributed by atoms with Crippen LogP contribution >= 0.6 is 0 Å². The first-order chi connectivity index (χ1) is 7.83. The summed E-state index contributed by atoms with van der Waals surface area (Å²) in [5, 5.41) is 3.56. The first-order valence-corrected chi connectivity index (χ1v) is 6.36. The smallest absolute Gasteiger partial charge is 0.169 e. The van der Waals surface area contributed by atoms with Gasteiger partial charge in [-0.3, -0.25) is 0 Å². The van der Waals surface area contributed by atoms with Gasteiger partial charge in [0, 0.05) is 32.8 Å². The molecule has 94 valence electrons. The Hall–Kier alpha value is -0.160. The van der Waals surface area contributed by atoms with E-state index in [9.17, 15) is 0 Å². The number of rotatable bonds is 5. The van der Waals surface area contributed by atoms with Crippen molar-refractivity contribution in [2.75, 3.05) is 33.9 Å². The minimum absolute atomic E-state index is 0.110. The van der Waals surface area contributed by atoms with Crippen LogP contribution in [0, 0.1) is 0 Å². The zero-order chi connectivity index (χ0) is 11.4. The van der Waals surface area contributed by atoms with Crippen LogP contribution in [0.5, 0.6) is 0 Å². The van der Waals surface area contributed by atoms with E-state index in [-0.39, 0.29) is 6.29 Å². The molecule has 2 unspecified atom stereocenters. The minimum atomic E-state index is -0.110. The fourth-order valence-electron chi connectivity index (χ4n) is 2.94. The molecule has 2 saturated heterocycles. The normalized spacial score (nSPS) is 30.9. The molecule has 4 nitrogen and oxygen atoms in total. The quantitative estimate of drug-likeness (QED) is 0.707. The second kappa shape index (κ2) is 5.96. The Bertz CT molecular complexity index is 209. The molecule has 2 fully saturated rings. The van der Waals surface area contributed by atoms with Crippen LogP contribution in [0.2, 0.25) is 0 Å². The molecule has 2 aliphatic rings. The standard InChI is InChI=1S/C12H24N2O2/c1-15-12(16-2)9-13-10-5-7-14-6-3-4-11(14)8-10/h10-13H,3-9H2,1-2H3. The van der Waals surface area contributed by atoms with Crippen molar-refractivity contribution in [3.8, 4) is 0 Å². The SMILES string of the molecule is COC(CNC1CCN2CCCC2C1)OC. The molecule has 4 heteroatoms. The van der Waals surface area contributed by atoms with Crippen molar-refractivity contribution in [1.82, 2.24) is 10.2 Å². The molecule has 0 amide bonds. The van der Waals surface area contributed by atoms with Crippen LogP contribution in [0.1, 0.15) is 25.7 Å². The van der Waals surface area contributed by atoms with E-state index in [1.165, 1.54) is 38.8 Å². The molecule has 2 aliphatic heterocycles. The van der Waals surface area contributed by atoms with Gasteiger partial charge in [0.1, 0.15) is 0 Å². The summed E-state index contributed by atoms with van der Waals surface area (Å²) < 4.78 is 10.4. The van der Waals surface area contributed by atoms with Crippen LogP contribution in [0.4, 0.5) is 0 Å². The highest BCUT2D eigenvalue weighted by Gasteiger charge is 2.31. The molecule has 0 bridgehead atoms. The van der Waals surface area contributed by atoms with Gasteiger partial charge >= 0.3 is 0 Å². The molecule has 2 atom stereocenters. The number of hydrogen-bond donors (Lipinski definition) is 1. The third-order valence-electron chi connectivity index (χ3n) is 3.92. The summed E-state index contributed by atoms with van der Waals surface area (Å²) >= 11 is 0. The zero-order valence-corrected chi connectivity index (χ0v) is 10.4. The summed E-state index contributed by atoms with van der Waals surface area (Å²) in [4.78, 5) is 2.64. The van der Waals surface area contributed by atoms with Crippen molar-refractivity contribution in [1.29, 1.82) is 0 Å². The molecule has 1 N–H and O–H groups in total. The van der Waals surface area contributed by atoms with E-state index in [4.69, 9.17) is 9.47 Å². The second-order valence-corrected chi connectivity index (χ2v) is 4.86. The van der Waals surface area contributed by atoms with E-state index in [0.717, 1.165) is 12.6 Å². The summed E-state index contributed by atoms with van der Waals surface area (Å²) in [6.45, 7) is 3.37. The van der Waals surface area contributed by atoms with Crippen molar-refractivity contribution in [2.24, 2.45) is 0 Å². The fraction of sp³-hybridized carbons (Fsp3) is 1.00. The lowest BCUT2D eigenvalue weighted by Gasteiger charge is -2.35. The Labute approximate surface area is 98.3 Å². The number of fused-ring (bicyclic) bond motifs is 1. The van der Waals surface area contributed by atoms with Crippen LogP contribution < -0.4 is 5.32 Å². The molecule has 0 aromatic rings. The maximum atomic E-state index is 5.18. The largest absolute Gasteiger partial charge is 0.355 e. The molecule has 0 saturated carbocycles. The molecule has 16 heavy (non-hydrogen) atoms. The van der Waals surface area contributed by atoms with Gasteiger partial charge in [-0.15, -0.1) is 0 Å². The predicted octanol–water partition coefficient (Wildman–Crippen LogP) is 0.822. The Morgan fingerprint density at radius 1 is 1.25 bits per heavy atom. The topological polar surface area (TPSA) is 33.7 Å². The lowest BCUT2D eigenvalue weighted by Crippen LogP contribution is -2.47. The molecule has 0 aromatic carbocycles. The van der Waals surface area contributed by atoms with Crippen LogP contribution in [-0.4, -0.2) is 57.1 Å². The monoisotopic (exact) mass is 228 g/mol. The highest BCUT2D eigenvalue weighted by molar-refractivity contribution is 4.89. The Morgan fingerprint density at radius 3 is 2.81 bits per heavy atom. The average Bonchev–Trinajstić information content (AvgIpc) is 2.77. The molecular formula is C12H24N2O2. The second-order valence-electron chi connectivity index (χ2n) is 4.86. The predicted molar refractivity (Wildman–Crippen MR) is 63.4 cm³/mol. The van der Waals surface area contributed by atoms with Crippen LogP contribution in [0.3, 0.4) is 0 Å². The zero-order valence-electron chi connectivity index (χ0n) is 10.4. The number of piperidine rings is 1. The Kier molecular flexibility index (Phi) is 4.58. The van der Waals surface area contributed by atoms with Crippen LogP contribution in [0.25, 0.3) is 0 Å². The van der Waals surface area contributed by atoms with E-state index in [0.29, 0.717) is 6.04 Å². The molecular weight excluding hydrogens is 204 g/mol. The van der Waals surface area contributed by atoms with Crippen molar-refractivity contribution in [3.05, 3.63) is 0 Å². The third-order valence-corrected chi connectivity index (χ3v) is 3.92. The summed E-state index contributed by atoms with van der Waals surface area (Å²) in [5.74, 6) is 0. The summed E-state index contributed by atoms with van der Waals surface area (Å²) in [6.07, 6.45) is 5.21. The van der Waals surface area contributed by atoms with Gasteiger partial charge in [0.15, 0.2) is 6.29 Å². The highest BCUT2D eigenvalue weighted by Crippen LogP contribution is 2.26. The number of methoxy groups -OCH3 is 2. The summed E-state index contributed by atoms with van der Waals surface area (Å²) in [7, 11) is 3.38. The fourth-order valence-corrected chi connectivity index (χ4v) is 2.94. The molecule has 0 radical (unpaired) electrons. The molecule has 0 spiro atoms. The van der Waals surface area contributed by atoms with Crippen LogP contribution in [0.15, 0.2) is 0 Å². The summed E-state index contributed by atoms with van der Waals surface area (Å²) in [6, 6.07) is 1.47. The number of nitrogens with zero attached hydrogens (tertiary/aromatic N) is 1. The highest BCUT2D eigenvalue weighted by atomic mass is 16.7. The van der Waals surface area contributed by atoms with Gasteiger partial charge in [-0.1, -0.05) is 0 Å². The Morgan fingerprint density at radius 2 is 2.06 bits per heavy atom. The van der Waals surface area contributed by atoms with Crippen LogP contribution in [-0.2, 0) is 9.47 Å². The summed E-state index contributed by atoms with van der Waals surface area (Å²) in [5.41, 5.74) is 0. The van der Waals surface area contributed by atoms with Gasteiger partial charge in [0.05, 0.1) is 0 Å². The molecule has 2 heterocycles. The molecule has 0 aliphatic carbocycles. The van der Waals surface area contributed by atoms with E-state index in [2.05, 4.69) is 10.2 Å². The van der Waals surface area contributed by atoms with Gasteiger partial charge in [0.2, 0.25) is 0 Å². The van der Waals surface area contributed by atoms with E-state index >= 15 is 0 Å². The van der Waals surface area contributed by atoms with Crippen molar-refractivity contribution in [2.45, 2.75) is 44.1 Å². The molecule has 2 rings (SSSR count). The van der Waals surface area contributed by atoms with Gasteiger partial charge in [-0.2, -0.15) is 0 Å². The average molecular weight is 228 g/mol. The lowest BCUT2D eigenvalue weighted by molar-refractivity contribution is -0.101. The van der Waals surface area contributed by atoms with Gasteiger partial charge < -0.3 is 19.7 Å². The van der Waals surface area contributed by atoms with Crippen molar-refractivity contribution >= 4 is 0 Å².